The molecule has 1 saturated heterocycles. The predicted octanol–water partition coefficient (Wildman–Crippen LogP) is 3.51. The van der Waals surface area contributed by atoms with Gasteiger partial charge in [0.15, 0.2) is 0 Å². The molecule has 1 aliphatic rings. The lowest BCUT2D eigenvalue weighted by Gasteiger charge is -2.30. The fourth-order valence-electron chi connectivity index (χ4n) is 3.15. The van der Waals surface area contributed by atoms with Crippen molar-refractivity contribution in [2.45, 2.75) is 46.6 Å². The van der Waals surface area contributed by atoms with Crippen molar-refractivity contribution in [2.75, 3.05) is 18.8 Å². The molecule has 2 N–H and O–H groups in total. The Morgan fingerprint density at radius 1 is 1.24 bits per heavy atom. The third-order valence-corrected chi connectivity index (χ3v) is 5.85. The van der Waals surface area contributed by atoms with Gasteiger partial charge in [0.2, 0.25) is 0 Å². The Bertz CT molecular complexity index is 641. The van der Waals surface area contributed by atoms with Crippen molar-refractivity contribution in [3.63, 3.8) is 0 Å². The summed E-state index contributed by atoms with van der Waals surface area (Å²) in [5, 5.41) is 1.05. The monoisotopic (exact) mass is 304 g/mol. The lowest BCUT2D eigenvalue weighted by molar-refractivity contribution is 0.172. The summed E-state index contributed by atoms with van der Waals surface area (Å²) < 4.78 is 0. The van der Waals surface area contributed by atoms with Crippen LogP contribution in [0.2, 0.25) is 0 Å². The SMILES string of the molecule is CCC1CCN(Cc2nc(N)c3c(C)c(C)sc3n2)CC1. The first kappa shape index (κ1) is 14.7. The minimum atomic E-state index is 0.639. The van der Waals surface area contributed by atoms with E-state index in [1.165, 1.54) is 29.7 Å². The highest BCUT2D eigenvalue weighted by Crippen LogP contribution is 2.32. The maximum Gasteiger partial charge on any atom is 0.146 e. The van der Waals surface area contributed by atoms with Gasteiger partial charge >= 0.3 is 0 Å². The number of hydrogen-bond donors (Lipinski definition) is 1. The number of hydrogen-bond acceptors (Lipinski definition) is 5. The number of nitrogen functional groups attached to an aromatic ring is 1. The van der Waals surface area contributed by atoms with Gasteiger partial charge in [0.1, 0.15) is 16.5 Å². The summed E-state index contributed by atoms with van der Waals surface area (Å²) >= 11 is 1.72. The molecule has 0 amide bonds. The van der Waals surface area contributed by atoms with Gasteiger partial charge < -0.3 is 5.73 Å². The number of nitrogens with two attached hydrogens (primary N) is 1. The molecule has 2 aromatic rings. The first-order chi connectivity index (χ1) is 10.1. The molecule has 1 aliphatic heterocycles. The fraction of sp³-hybridized carbons (Fsp3) is 0.625. The second-order valence-corrected chi connectivity index (χ2v) is 7.32. The fourth-order valence-corrected chi connectivity index (χ4v) is 4.21. The van der Waals surface area contributed by atoms with E-state index in [4.69, 9.17) is 10.7 Å². The summed E-state index contributed by atoms with van der Waals surface area (Å²) in [6, 6.07) is 0. The summed E-state index contributed by atoms with van der Waals surface area (Å²) in [6.07, 6.45) is 3.90. The van der Waals surface area contributed by atoms with Crippen LogP contribution in [0.15, 0.2) is 0 Å². The van der Waals surface area contributed by atoms with E-state index in [-0.39, 0.29) is 0 Å². The molecule has 0 saturated carbocycles. The van der Waals surface area contributed by atoms with E-state index in [0.29, 0.717) is 5.82 Å². The lowest BCUT2D eigenvalue weighted by Crippen LogP contribution is -2.33. The van der Waals surface area contributed by atoms with E-state index in [1.54, 1.807) is 11.3 Å². The Kier molecular flexibility index (Phi) is 4.13. The van der Waals surface area contributed by atoms with Crippen molar-refractivity contribution in [3.05, 3.63) is 16.3 Å². The second-order valence-electron chi connectivity index (χ2n) is 6.12. The molecule has 0 spiro atoms. The molecule has 114 valence electrons. The van der Waals surface area contributed by atoms with Gasteiger partial charge in [-0.25, -0.2) is 9.97 Å². The highest BCUT2D eigenvalue weighted by Gasteiger charge is 2.19. The van der Waals surface area contributed by atoms with Gasteiger partial charge in [0.05, 0.1) is 11.9 Å². The zero-order valence-corrected chi connectivity index (χ0v) is 14.0. The number of thiophene rings is 1. The summed E-state index contributed by atoms with van der Waals surface area (Å²) in [4.78, 5) is 14.1. The number of piperidine rings is 1. The molecule has 0 radical (unpaired) electrons. The molecule has 2 aromatic heterocycles. The third-order valence-electron chi connectivity index (χ3n) is 4.75. The first-order valence-corrected chi connectivity index (χ1v) is 8.64. The van der Waals surface area contributed by atoms with Crippen LogP contribution in [0.5, 0.6) is 0 Å². The molecule has 1 fully saturated rings. The minimum absolute atomic E-state index is 0.639. The summed E-state index contributed by atoms with van der Waals surface area (Å²) in [6.45, 7) is 9.65. The smallest absolute Gasteiger partial charge is 0.146 e. The van der Waals surface area contributed by atoms with E-state index >= 15 is 0 Å². The third kappa shape index (κ3) is 2.90. The van der Waals surface area contributed by atoms with Gasteiger partial charge in [0, 0.05) is 4.88 Å². The van der Waals surface area contributed by atoms with E-state index in [1.807, 2.05) is 0 Å². The largest absolute Gasteiger partial charge is 0.383 e. The Morgan fingerprint density at radius 2 is 1.95 bits per heavy atom. The number of aromatic nitrogens is 2. The van der Waals surface area contributed by atoms with Crippen molar-refractivity contribution < 1.29 is 0 Å². The van der Waals surface area contributed by atoms with Crippen LogP contribution in [0.25, 0.3) is 10.2 Å². The van der Waals surface area contributed by atoms with Gasteiger partial charge in [-0.1, -0.05) is 13.3 Å². The molecule has 0 bridgehead atoms. The topological polar surface area (TPSA) is 55.0 Å². The average Bonchev–Trinajstić information content (AvgIpc) is 2.75. The van der Waals surface area contributed by atoms with Crippen LogP contribution in [0.3, 0.4) is 0 Å². The van der Waals surface area contributed by atoms with Gasteiger partial charge in [-0.3, -0.25) is 4.90 Å². The van der Waals surface area contributed by atoms with Gasteiger partial charge in [0.25, 0.3) is 0 Å². The van der Waals surface area contributed by atoms with Crippen molar-refractivity contribution in [1.29, 1.82) is 0 Å². The molecule has 3 heterocycles. The van der Waals surface area contributed by atoms with Crippen LogP contribution in [0.1, 0.15) is 42.5 Å². The van der Waals surface area contributed by atoms with E-state index in [2.05, 4.69) is 30.7 Å². The molecule has 3 rings (SSSR count). The zero-order valence-electron chi connectivity index (χ0n) is 13.1. The van der Waals surface area contributed by atoms with Crippen molar-refractivity contribution in [3.8, 4) is 0 Å². The van der Waals surface area contributed by atoms with Gasteiger partial charge in [-0.05, 0) is 51.3 Å². The Morgan fingerprint density at radius 3 is 2.62 bits per heavy atom. The Balaban J connectivity index is 1.79. The molecule has 0 aromatic carbocycles. The quantitative estimate of drug-likeness (QED) is 0.942. The predicted molar refractivity (Wildman–Crippen MR) is 89.6 cm³/mol. The van der Waals surface area contributed by atoms with Gasteiger partial charge in [-0.15, -0.1) is 11.3 Å². The van der Waals surface area contributed by atoms with Crippen LogP contribution in [-0.2, 0) is 6.54 Å². The van der Waals surface area contributed by atoms with Crippen molar-refractivity contribution >= 4 is 27.4 Å². The van der Waals surface area contributed by atoms with Crippen LogP contribution < -0.4 is 5.73 Å². The highest BCUT2D eigenvalue weighted by atomic mass is 32.1. The first-order valence-electron chi connectivity index (χ1n) is 7.83. The molecule has 0 atom stereocenters. The standard InChI is InChI=1S/C16H24N4S/c1-4-12-5-7-20(8-6-12)9-13-18-15(17)14-10(2)11(3)21-16(14)19-13/h12H,4-9H2,1-3H3,(H2,17,18,19). The van der Waals surface area contributed by atoms with Crippen LogP contribution >= 0.6 is 11.3 Å². The molecule has 0 unspecified atom stereocenters. The summed E-state index contributed by atoms with van der Waals surface area (Å²) in [7, 11) is 0. The number of anilines is 1. The number of nitrogens with zero attached hydrogens (tertiary/aromatic N) is 3. The number of aryl methyl sites for hydroxylation is 2. The van der Waals surface area contributed by atoms with E-state index in [9.17, 15) is 0 Å². The Hall–Kier alpha value is -1.20. The van der Waals surface area contributed by atoms with E-state index in [0.717, 1.165) is 41.6 Å². The normalized spacial score (nSPS) is 17.7. The summed E-state index contributed by atoms with van der Waals surface area (Å²) in [5.74, 6) is 2.41. The zero-order chi connectivity index (χ0) is 15.0. The molecule has 0 aliphatic carbocycles. The van der Waals surface area contributed by atoms with Crippen LogP contribution in [0, 0.1) is 19.8 Å². The lowest BCUT2D eigenvalue weighted by atomic mass is 9.94. The number of likely N-dealkylation sites (tertiary alicyclic amines) is 1. The maximum absolute atomic E-state index is 6.16. The van der Waals surface area contributed by atoms with Crippen LogP contribution in [-0.4, -0.2) is 28.0 Å². The Labute approximate surface area is 130 Å². The maximum atomic E-state index is 6.16. The minimum Gasteiger partial charge on any atom is -0.383 e. The van der Waals surface area contributed by atoms with E-state index < -0.39 is 0 Å². The van der Waals surface area contributed by atoms with Gasteiger partial charge in [-0.2, -0.15) is 0 Å². The van der Waals surface area contributed by atoms with Crippen molar-refractivity contribution in [1.82, 2.24) is 14.9 Å². The van der Waals surface area contributed by atoms with Crippen LogP contribution in [0.4, 0.5) is 5.82 Å². The molecular formula is C16H24N4S. The second kappa shape index (κ2) is 5.89. The summed E-state index contributed by atoms with van der Waals surface area (Å²) in [5.41, 5.74) is 7.38. The number of rotatable bonds is 3. The molecule has 21 heavy (non-hydrogen) atoms. The highest BCUT2D eigenvalue weighted by molar-refractivity contribution is 7.18. The average molecular weight is 304 g/mol. The molecule has 5 heteroatoms. The molecule has 4 nitrogen and oxygen atoms in total. The number of fused-ring (bicyclic) bond motifs is 1. The molecular weight excluding hydrogens is 280 g/mol. The van der Waals surface area contributed by atoms with Crippen molar-refractivity contribution in [2.24, 2.45) is 5.92 Å².